The number of aromatic nitrogens is 5. The summed E-state index contributed by atoms with van der Waals surface area (Å²) in [6.07, 6.45) is 0. The second-order valence-corrected chi connectivity index (χ2v) is 5.18. The standard InChI is InChI=1S/C16H11N5O/c1-10-17-16(22-19-10)21-14-9-5-4-8-13(14)20-12-7-3-2-6-11(12)18-15(20)21/h2-9H,1H3. The summed E-state index contributed by atoms with van der Waals surface area (Å²) in [7, 11) is 0. The van der Waals surface area contributed by atoms with Gasteiger partial charge in [-0.25, -0.2) is 9.55 Å². The van der Waals surface area contributed by atoms with E-state index in [0.29, 0.717) is 11.8 Å². The van der Waals surface area contributed by atoms with Gasteiger partial charge < -0.3 is 4.52 Å². The van der Waals surface area contributed by atoms with Gasteiger partial charge in [-0.2, -0.15) is 4.98 Å². The van der Waals surface area contributed by atoms with Crippen LogP contribution in [-0.4, -0.2) is 24.1 Å². The molecule has 0 aliphatic heterocycles. The quantitative estimate of drug-likeness (QED) is 0.475. The molecular formula is C16H11N5O. The lowest BCUT2D eigenvalue weighted by Crippen LogP contribution is -1.95. The highest BCUT2D eigenvalue weighted by Crippen LogP contribution is 2.28. The van der Waals surface area contributed by atoms with E-state index in [4.69, 9.17) is 9.51 Å². The van der Waals surface area contributed by atoms with Crippen LogP contribution in [0.15, 0.2) is 53.1 Å². The average molecular weight is 289 g/mol. The summed E-state index contributed by atoms with van der Waals surface area (Å²) in [6.45, 7) is 1.80. The molecule has 6 heteroatoms. The third-order valence-corrected chi connectivity index (χ3v) is 3.81. The van der Waals surface area contributed by atoms with Crippen LogP contribution in [-0.2, 0) is 0 Å². The van der Waals surface area contributed by atoms with Crippen LogP contribution in [0.5, 0.6) is 0 Å². The predicted molar refractivity (Wildman–Crippen MR) is 82.1 cm³/mol. The van der Waals surface area contributed by atoms with Crippen LogP contribution in [0.2, 0.25) is 0 Å². The largest absolute Gasteiger partial charge is 0.335 e. The molecule has 0 N–H and O–H groups in total. The fourth-order valence-corrected chi connectivity index (χ4v) is 2.92. The van der Waals surface area contributed by atoms with Crippen molar-refractivity contribution in [2.45, 2.75) is 6.92 Å². The van der Waals surface area contributed by atoms with E-state index in [1.807, 2.05) is 41.0 Å². The normalized spacial score (nSPS) is 11.9. The maximum Gasteiger partial charge on any atom is 0.335 e. The Morgan fingerprint density at radius 3 is 2.36 bits per heavy atom. The van der Waals surface area contributed by atoms with Crippen molar-refractivity contribution in [2.24, 2.45) is 0 Å². The maximum atomic E-state index is 5.37. The van der Waals surface area contributed by atoms with Gasteiger partial charge in [-0.05, 0) is 31.2 Å². The maximum absolute atomic E-state index is 5.37. The van der Waals surface area contributed by atoms with Crippen molar-refractivity contribution in [3.8, 4) is 6.01 Å². The van der Waals surface area contributed by atoms with Crippen molar-refractivity contribution in [3.63, 3.8) is 0 Å². The minimum atomic E-state index is 0.430. The molecule has 0 aliphatic rings. The zero-order valence-corrected chi connectivity index (χ0v) is 11.8. The Morgan fingerprint density at radius 2 is 1.59 bits per heavy atom. The molecule has 22 heavy (non-hydrogen) atoms. The first-order valence-electron chi connectivity index (χ1n) is 7.00. The van der Waals surface area contributed by atoms with Crippen molar-refractivity contribution in [2.75, 3.05) is 0 Å². The van der Waals surface area contributed by atoms with Gasteiger partial charge in [0.05, 0.1) is 22.1 Å². The van der Waals surface area contributed by atoms with Crippen LogP contribution in [0, 0.1) is 6.92 Å². The molecule has 0 unspecified atom stereocenters. The van der Waals surface area contributed by atoms with Gasteiger partial charge >= 0.3 is 6.01 Å². The first-order valence-corrected chi connectivity index (χ1v) is 7.00. The lowest BCUT2D eigenvalue weighted by molar-refractivity contribution is 0.402. The van der Waals surface area contributed by atoms with Gasteiger partial charge in [0.25, 0.3) is 0 Å². The van der Waals surface area contributed by atoms with Crippen LogP contribution < -0.4 is 0 Å². The van der Waals surface area contributed by atoms with Crippen molar-refractivity contribution in [1.29, 1.82) is 0 Å². The Kier molecular flexibility index (Phi) is 2.06. The molecule has 106 valence electrons. The van der Waals surface area contributed by atoms with Crippen molar-refractivity contribution >= 4 is 27.8 Å². The molecule has 0 atom stereocenters. The monoisotopic (exact) mass is 289 g/mol. The molecule has 3 aromatic heterocycles. The van der Waals surface area contributed by atoms with E-state index in [9.17, 15) is 0 Å². The molecule has 0 amide bonds. The lowest BCUT2D eigenvalue weighted by atomic mass is 10.3. The molecule has 0 fully saturated rings. The molecule has 0 saturated carbocycles. The van der Waals surface area contributed by atoms with Gasteiger partial charge in [-0.1, -0.05) is 29.4 Å². The molecule has 0 aliphatic carbocycles. The second-order valence-electron chi connectivity index (χ2n) is 5.18. The molecule has 3 heterocycles. The highest BCUT2D eigenvalue weighted by Gasteiger charge is 2.19. The molecule has 0 saturated heterocycles. The van der Waals surface area contributed by atoms with Crippen LogP contribution in [0.4, 0.5) is 0 Å². The Morgan fingerprint density at radius 1 is 0.864 bits per heavy atom. The van der Waals surface area contributed by atoms with Crippen LogP contribution in [0.1, 0.15) is 5.82 Å². The Balaban J connectivity index is 2.06. The topological polar surface area (TPSA) is 61.2 Å². The Labute approximate surface area is 124 Å². The van der Waals surface area contributed by atoms with Gasteiger partial charge in [0.2, 0.25) is 5.78 Å². The minimum absolute atomic E-state index is 0.430. The molecular weight excluding hydrogens is 278 g/mol. The van der Waals surface area contributed by atoms with Crippen molar-refractivity contribution in [3.05, 3.63) is 54.4 Å². The molecule has 5 aromatic rings. The molecule has 0 spiro atoms. The number of nitrogens with zero attached hydrogens (tertiary/aromatic N) is 5. The number of para-hydroxylation sites is 4. The summed E-state index contributed by atoms with van der Waals surface area (Å²) in [5.74, 6) is 1.37. The molecule has 6 nitrogen and oxygen atoms in total. The number of fused-ring (bicyclic) bond motifs is 5. The first-order chi connectivity index (χ1) is 10.8. The highest BCUT2D eigenvalue weighted by molar-refractivity contribution is 5.91. The van der Waals surface area contributed by atoms with E-state index < -0.39 is 0 Å². The molecule has 0 bridgehead atoms. The SMILES string of the molecule is Cc1noc(-n2c3ccccc3n3c4ccccc4nc23)n1. The van der Waals surface area contributed by atoms with Crippen molar-refractivity contribution in [1.82, 2.24) is 24.1 Å². The number of hydrogen-bond donors (Lipinski definition) is 0. The van der Waals surface area contributed by atoms with E-state index in [0.717, 1.165) is 27.8 Å². The minimum Gasteiger partial charge on any atom is -0.314 e. The summed E-state index contributed by atoms with van der Waals surface area (Å²) in [6, 6.07) is 16.6. The van der Waals surface area contributed by atoms with Crippen LogP contribution in [0.3, 0.4) is 0 Å². The van der Waals surface area contributed by atoms with Crippen LogP contribution >= 0.6 is 0 Å². The number of aryl methyl sites for hydroxylation is 1. The lowest BCUT2D eigenvalue weighted by Gasteiger charge is -1.96. The summed E-state index contributed by atoms with van der Waals surface area (Å²) in [4.78, 5) is 9.09. The summed E-state index contributed by atoms with van der Waals surface area (Å²) in [5.41, 5.74) is 4.04. The van der Waals surface area contributed by atoms with E-state index >= 15 is 0 Å². The van der Waals surface area contributed by atoms with Gasteiger partial charge in [0.15, 0.2) is 5.82 Å². The third-order valence-electron chi connectivity index (χ3n) is 3.81. The van der Waals surface area contributed by atoms with Crippen LogP contribution in [0.25, 0.3) is 33.9 Å². The van der Waals surface area contributed by atoms with E-state index in [-0.39, 0.29) is 0 Å². The molecule has 2 aromatic carbocycles. The average Bonchev–Trinajstić information content (AvgIpc) is 3.19. The number of hydrogen-bond acceptors (Lipinski definition) is 4. The molecule has 0 radical (unpaired) electrons. The van der Waals surface area contributed by atoms with Crippen molar-refractivity contribution < 1.29 is 4.52 Å². The number of rotatable bonds is 1. The fourth-order valence-electron chi connectivity index (χ4n) is 2.92. The summed E-state index contributed by atoms with van der Waals surface area (Å²) in [5, 5.41) is 3.90. The Hall–Kier alpha value is -3.15. The summed E-state index contributed by atoms with van der Waals surface area (Å²) < 4.78 is 9.38. The fraction of sp³-hybridized carbons (Fsp3) is 0.0625. The van der Waals surface area contributed by atoms with Gasteiger partial charge in [0.1, 0.15) is 0 Å². The van der Waals surface area contributed by atoms with E-state index in [1.165, 1.54) is 0 Å². The molecule has 5 rings (SSSR count). The van der Waals surface area contributed by atoms with Gasteiger partial charge in [-0.3, -0.25) is 4.40 Å². The van der Waals surface area contributed by atoms with Gasteiger partial charge in [-0.15, -0.1) is 0 Å². The summed E-state index contributed by atoms with van der Waals surface area (Å²) >= 11 is 0. The zero-order valence-electron chi connectivity index (χ0n) is 11.8. The zero-order chi connectivity index (χ0) is 14.7. The van der Waals surface area contributed by atoms with E-state index in [1.54, 1.807) is 6.92 Å². The first kappa shape index (κ1) is 11.5. The second kappa shape index (κ2) is 3.94. The highest BCUT2D eigenvalue weighted by atomic mass is 16.5. The van der Waals surface area contributed by atoms with Gasteiger partial charge in [0, 0.05) is 0 Å². The predicted octanol–water partition coefficient (Wildman–Crippen LogP) is 3.12. The Bertz CT molecular complexity index is 1150. The number of imidazole rings is 2. The van der Waals surface area contributed by atoms with E-state index in [2.05, 4.69) is 26.7 Å². The number of benzene rings is 2. The third kappa shape index (κ3) is 1.36. The smallest absolute Gasteiger partial charge is 0.314 e.